The summed E-state index contributed by atoms with van der Waals surface area (Å²) < 4.78 is 36.7. The summed E-state index contributed by atoms with van der Waals surface area (Å²) in [6, 6.07) is 5.38. The third-order valence-corrected chi connectivity index (χ3v) is 5.13. The third kappa shape index (κ3) is 4.91. The minimum Gasteiger partial charge on any atom is -0.493 e. The van der Waals surface area contributed by atoms with Crippen LogP contribution in [0.25, 0.3) is 10.9 Å². The maximum atomic E-state index is 14.0. The number of hydrogen-bond acceptors (Lipinski definition) is 6. The van der Waals surface area contributed by atoms with E-state index >= 15 is 0 Å². The van der Waals surface area contributed by atoms with Gasteiger partial charge in [-0.05, 0) is 43.5 Å². The van der Waals surface area contributed by atoms with Gasteiger partial charge in [0, 0.05) is 37.3 Å². The Kier molecular flexibility index (Phi) is 6.81. The fraction of sp³-hybridized carbons (Fsp3) is 0.391. The second kappa shape index (κ2) is 9.91. The average molecular weight is 413 g/mol. The second-order valence-corrected chi connectivity index (χ2v) is 7.14. The van der Waals surface area contributed by atoms with E-state index in [0.29, 0.717) is 35.8 Å². The van der Waals surface area contributed by atoms with Crippen molar-refractivity contribution in [3.63, 3.8) is 0 Å². The Balaban J connectivity index is 1.46. The van der Waals surface area contributed by atoms with Crippen molar-refractivity contribution in [2.24, 2.45) is 0 Å². The maximum absolute atomic E-state index is 14.0. The van der Waals surface area contributed by atoms with Gasteiger partial charge in [0.1, 0.15) is 5.75 Å². The van der Waals surface area contributed by atoms with E-state index in [9.17, 15) is 4.39 Å². The number of methoxy groups -OCH3 is 1. The number of morpholine rings is 1. The minimum atomic E-state index is -0.390. The molecule has 1 aromatic heterocycles. The molecule has 0 N–H and O–H groups in total. The highest BCUT2D eigenvalue weighted by Gasteiger charge is 2.16. The summed E-state index contributed by atoms with van der Waals surface area (Å²) in [5.41, 5.74) is 0.698. The number of fused-ring (bicyclic) bond motifs is 1. The molecule has 6 nitrogen and oxygen atoms in total. The van der Waals surface area contributed by atoms with Gasteiger partial charge in [-0.1, -0.05) is 0 Å². The van der Waals surface area contributed by atoms with Gasteiger partial charge in [-0.3, -0.25) is 9.88 Å². The zero-order valence-corrected chi connectivity index (χ0v) is 17.1. The summed E-state index contributed by atoms with van der Waals surface area (Å²) in [6.45, 7) is 5.08. The van der Waals surface area contributed by atoms with E-state index in [1.807, 2.05) is 12.1 Å². The van der Waals surface area contributed by atoms with Gasteiger partial charge in [-0.25, -0.2) is 4.39 Å². The first-order valence-electron chi connectivity index (χ1n) is 10.2. The van der Waals surface area contributed by atoms with Crippen molar-refractivity contribution in [3.8, 4) is 17.2 Å². The molecule has 2 aliphatic rings. The van der Waals surface area contributed by atoms with E-state index in [2.05, 4.69) is 9.88 Å². The summed E-state index contributed by atoms with van der Waals surface area (Å²) in [7, 11) is 1.60. The van der Waals surface area contributed by atoms with E-state index in [0.717, 1.165) is 44.7 Å². The Bertz CT molecular complexity index is 938. The van der Waals surface area contributed by atoms with Gasteiger partial charge in [0.25, 0.3) is 0 Å². The molecule has 159 valence electrons. The lowest BCUT2D eigenvalue weighted by Gasteiger charge is -2.26. The Morgan fingerprint density at radius 3 is 2.83 bits per heavy atom. The third-order valence-electron chi connectivity index (χ3n) is 5.13. The first-order valence-corrected chi connectivity index (χ1v) is 10.2. The molecule has 0 spiro atoms. The SMILES string of the molecule is COc1cc2c(OC3=CC[CH]C=C3F)ccnc2cc1OCCCN1CCOCC1. The molecule has 7 heteroatoms. The van der Waals surface area contributed by atoms with Crippen molar-refractivity contribution in [2.45, 2.75) is 12.8 Å². The minimum absolute atomic E-state index is 0.215. The van der Waals surface area contributed by atoms with Crippen LogP contribution in [0.3, 0.4) is 0 Å². The van der Waals surface area contributed by atoms with Crippen LogP contribution in [0.4, 0.5) is 4.39 Å². The zero-order chi connectivity index (χ0) is 20.8. The van der Waals surface area contributed by atoms with Crippen molar-refractivity contribution in [1.82, 2.24) is 9.88 Å². The quantitative estimate of drug-likeness (QED) is 0.608. The molecule has 0 bridgehead atoms. The summed E-state index contributed by atoms with van der Waals surface area (Å²) in [5, 5.41) is 0.735. The van der Waals surface area contributed by atoms with Gasteiger partial charge in [0.15, 0.2) is 23.1 Å². The zero-order valence-electron chi connectivity index (χ0n) is 17.1. The topological polar surface area (TPSA) is 53.0 Å². The number of hydrogen-bond donors (Lipinski definition) is 0. The summed E-state index contributed by atoms with van der Waals surface area (Å²) >= 11 is 0. The maximum Gasteiger partial charge on any atom is 0.163 e. The van der Waals surface area contributed by atoms with E-state index < -0.39 is 5.83 Å². The number of benzene rings is 1. The van der Waals surface area contributed by atoms with Crippen molar-refractivity contribution in [2.75, 3.05) is 46.6 Å². The normalized spacial score (nSPS) is 17.4. The van der Waals surface area contributed by atoms with Crippen molar-refractivity contribution < 1.29 is 23.3 Å². The van der Waals surface area contributed by atoms with Crippen LogP contribution in [0.15, 0.2) is 48.1 Å². The molecule has 0 amide bonds. The molecule has 1 radical (unpaired) electrons. The monoisotopic (exact) mass is 413 g/mol. The molecule has 1 saturated heterocycles. The lowest BCUT2D eigenvalue weighted by molar-refractivity contribution is 0.0357. The predicted molar refractivity (Wildman–Crippen MR) is 112 cm³/mol. The Morgan fingerprint density at radius 1 is 1.17 bits per heavy atom. The Hall–Kier alpha value is -2.64. The van der Waals surface area contributed by atoms with Crippen LogP contribution in [0.1, 0.15) is 12.8 Å². The molecule has 0 unspecified atom stereocenters. The highest BCUT2D eigenvalue weighted by atomic mass is 19.1. The summed E-state index contributed by atoms with van der Waals surface area (Å²) in [4.78, 5) is 6.80. The number of halogens is 1. The number of aromatic nitrogens is 1. The van der Waals surface area contributed by atoms with Gasteiger partial charge in [-0.15, -0.1) is 0 Å². The highest BCUT2D eigenvalue weighted by molar-refractivity contribution is 5.88. The molecule has 1 aliphatic heterocycles. The van der Waals surface area contributed by atoms with E-state index in [1.165, 1.54) is 6.08 Å². The fourth-order valence-corrected chi connectivity index (χ4v) is 3.52. The molecule has 2 aromatic rings. The highest BCUT2D eigenvalue weighted by Crippen LogP contribution is 2.37. The van der Waals surface area contributed by atoms with Crippen LogP contribution in [0.2, 0.25) is 0 Å². The van der Waals surface area contributed by atoms with Crippen LogP contribution >= 0.6 is 0 Å². The van der Waals surface area contributed by atoms with Gasteiger partial charge in [0.2, 0.25) is 0 Å². The standard InChI is InChI=1S/C23H26FN2O4/c1-27-22-15-17-19(16-23(22)29-12-4-9-26-10-13-28-14-11-26)25-8-7-20(17)30-21-6-3-2-5-18(21)24/h2,5-8,15-16H,3-4,9-14H2,1H3. The summed E-state index contributed by atoms with van der Waals surface area (Å²) in [5.74, 6) is 1.57. The van der Waals surface area contributed by atoms with Crippen molar-refractivity contribution in [1.29, 1.82) is 0 Å². The van der Waals surface area contributed by atoms with E-state index in [4.69, 9.17) is 18.9 Å². The van der Waals surface area contributed by atoms with Crippen molar-refractivity contribution in [3.05, 3.63) is 54.6 Å². The molecule has 4 rings (SSSR count). The molecule has 1 aromatic carbocycles. The van der Waals surface area contributed by atoms with Gasteiger partial charge >= 0.3 is 0 Å². The van der Waals surface area contributed by atoms with Crippen molar-refractivity contribution >= 4 is 10.9 Å². The number of ether oxygens (including phenoxy) is 4. The summed E-state index contributed by atoms with van der Waals surface area (Å²) in [6.07, 6.45) is 8.07. The molecule has 1 fully saturated rings. The molecule has 0 atom stereocenters. The van der Waals surface area contributed by atoms with Crippen LogP contribution in [0, 0.1) is 6.42 Å². The molecular formula is C23H26FN2O4. The molecule has 0 saturated carbocycles. The number of allylic oxidation sites excluding steroid dienone is 3. The smallest absolute Gasteiger partial charge is 0.163 e. The second-order valence-electron chi connectivity index (χ2n) is 7.14. The van der Waals surface area contributed by atoms with Gasteiger partial charge in [0.05, 0.1) is 32.4 Å². The van der Waals surface area contributed by atoms with E-state index in [1.54, 1.807) is 31.9 Å². The van der Waals surface area contributed by atoms with Crippen LogP contribution in [-0.4, -0.2) is 56.4 Å². The molecule has 30 heavy (non-hydrogen) atoms. The predicted octanol–water partition coefficient (Wildman–Crippen LogP) is 4.07. The van der Waals surface area contributed by atoms with E-state index in [-0.39, 0.29) is 5.76 Å². The molecule has 2 heterocycles. The molecule has 1 aliphatic carbocycles. The van der Waals surface area contributed by atoms with Gasteiger partial charge < -0.3 is 18.9 Å². The Morgan fingerprint density at radius 2 is 2.03 bits per heavy atom. The number of pyridine rings is 1. The van der Waals surface area contributed by atoms with Crippen LogP contribution in [0.5, 0.6) is 17.2 Å². The number of nitrogens with zero attached hydrogens (tertiary/aromatic N) is 2. The first-order chi connectivity index (χ1) is 14.7. The first kappa shape index (κ1) is 20.6. The lowest BCUT2D eigenvalue weighted by Crippen LogP contribution is -2.37. The fourth-order valence-electron chi connectivity index (χ4n) is 3.52. The Labute approximate surface area is 175 Å². The van der Waals surface area contributed by atoms with Gasteiger partial charge in [-0.2, -0.15) is 0 Å². The largest absolute Gasteiger partial charge is 0.493 e. The molecular weight excluding hydrogens is 387 g/mol. The van der Waals surface area contributed by atoms with Crippen LogP contribution < -0.4 is 14.2 Å². The lowest BCUT2D eigenvalue weighted by atomic mass is 10.1. The average Bonchev–Trinajstić information content (AvgIpc) is 2.78. The van der Waals surface area contributed by atoms with Crippen LogP contribution in [-0.2, 0) is 4.74 Å². The number of rotatable bonds is 8.